The highest BCUT2D eigenvalue weighted by Gasteiger charge is 2.17. The van der Waals surface area contributed by atoms with E-state index in [9.17, 15) is 8.42 Å². The van der Waals surface area contributed by atoms with Crippen molar-refractivity contribution in [1.29, 1.82) is 0 Å². The Balaban J connectivity index is 2.05. The van der Waals surface area contributed by atoms with E-state index in [1.165, 1.54) is 19.2 Å². The van der Waals surface area contributed by atoms with Gasteiger partial charge in [0.1, 0.15) is 10.6 Å². The minimum absolute atomic E-state index is 0.0537. The Bertz CT molecular complexity index is 702. The summed E-state index contributed by atoms with van der Waals surface area (Å²) in [4.78, 5) is 0.0537. The number of ether oxygens (including phenoxy) is 1. The van der Waals surface area contributed by atoms with Gasteiger partial charge in [-0.05, 0) is 24.1 Å². The van der Waals surface area contributed by atoms with Crippen LogP contribution in [0.15, 0.2) is 53.4 Å². The third-order valence-corrected chi connectivity index (χ3v) is 4.92. The highest BCUT2D eigenvalue weighted by Crippen LogP contribution is 2.25. The summed E-state index contributed by atoms with van der Waals surface area (Å²) in [5.74, 6) is 0.517. The van der Waals surface area contributed by atoms with Gasteiger partial charge < -0.3 is 4.74 Å². The van der Waals surface area contributed by atoms with E-state index < -0.39 is 10.0 Å². The third-order valence-electron chi connectivity index (χ3n) is 2.98. The van der Waals surface area contributed by atoms with Crippen LogP contribution in [0.2, 0.25) is 5.02 Å². The molecule has 0 radical (unpaired) electrons. The topological polar surface area (TPSA) is 55.4 Å². The van der Waals surface area contributed by atoms with Crippen LogP contribution in [-0.2, 0) is 16.4 Å². The van der Waals surface area contributed by atoms with Crippen molar-refractivity contribution >= 4 is 21.6 Å². The van der Waals surface area contributed by atoms with Crippen molar-refractivity contribution in [3.05, 3.63) is 59.1 Å². The molecule has 4 nitrogen and oxygen atoms in total. The molecule has 0 fully saturated rings. The molecule has 0 aliphatic rings. The van der Waals surface area contributed by atoms with Crippen molar-refractivity contribution in [2.45, 2.75) is 11.3 Å². The number of sulfonamides is 1. The Hall–Kier alpha value is -1.56. The van der Waals surface area contributed by atoms with E-state index in [1.807, 2.05) is 30.3 Å². The maximum atomic E-state index is 12.2. The van der Waals surface area contributed by atoms with Gasteiger partial charge in [-0.3, -0.25) is 0 Å². The molecule has 1 N–H and O–H groups in total. The van der Waals surface area contributed by atoms with Crippen molar-refractivity contribution < 1.29 is 13.2 Å². The predicted octanol–water partition coefficient (Wildman–Crippen LogP) is 2.87. The number of methoxy groups -OCH3 is 1. The van der Waals surface area contributed by atoms with Crippen molar-refractivity contribution in [2.24, 2.45) is 0 Å². The van der Waals surface area contributed by atoms with E-state index in [2.05, 4.69) is 4.72 Å². The zero-order valence-electron chi connectivity index (χ0n) is 11.5. The van der Waals surface area contributed by atoms with Gasteiger partial charge in [0, 0.05) is 12.6 Å². The summed E-state index contributed by atoms with van der Waals surface area (Å²) in [6, 6.07) is 14.2. The third kappa shape index (κ3) is 4.20. The molecular formula is C15H16ClNO3S. The van der Waals surface area contributed by atoms with Crippen molar-refractivity contribution in [3.63, 3.8) is 0 Å². The van der Waals surface area contributed by atoms with Crippen LogP contribution < -0.4 is 9.46 Å². The van der Waals surface area contributed by atoms with Gasteiger partial charge in [0.15, 0.2) is 0 Å². The lowest BCUT2D eigenvalue weighted by Crippen LogP contribution is -2.26. The minimum Gasteiger partial charge on any atom is -0.497 e. The van der Waals surface area contributed by atoms with Crippen LogP contribution >= 0.6 is 11.6 Å². The SMILES string of the molecule is COc1ccc(S(=O)(=O)NCCc2ccccc2)c(Cl)c1. The first-order chi connectivity index (χ1) is 10.0. The van der Waals surface area contributed by atoms with Gasteiger partial charge in [-0.2, -0.15) is 0 Å². The molecule has 2 aromatic carbocycles. The van der Waals surface area contributed by atoms with Crippen LogP contribution in [0.3, 0.4) is 0 Å². The van der Waals surface area contributed by atoms with E-state index in [4.69, 9.17) is 16.3 Å². The van der Waals surface area contributed by atoms with E-state index in [0.717, 1.165) is 5.56 Å². The molecule has 0 unspecified atom stereocenters. The normalized spacial score (nSPS) is 11.3. The second-order valence-corrected chi connectivity index (χ2v) is 6.57. The second kappa shape index (κ2) is 6.93. The van der Waals surface area contributed by atoms with Crippen molar-refractivity contribution in [2.75, 3.05) is 13.7 Å². The van der Waals surface area contributed by atoms with Gasteiger partial charge in [0.05, 0.1) is 12.1 Å². The predicted molar refractivity (Wildman–Crippen MR) is 83.3 cm³/mol. The first-order valence-corrected chi connectivity index (χ1v) is 8.26. The fraction of sp³-hybridized carbons (Fsp3) is 0.200. The number of benzene rings is 2. The van der Waals surface area contributed by atoms with Crippen LogP contribution in [0.4, 0.5) is 0 Å². The number of nitrogens with one attached hydrogen (secondary N) is 1. The molecule has 2 rings (SSSR count). The largest absolute Gasteiger partial charge is 0.497 e. The van der Waals surface area contributed by atoms with Crippen LogP contribution in [0, 0.1) is 0 Å². The van der Waals surface area contributed by atoms with Crippen LogP contribution in [0.25, 0.3) is 0 Å². The molecule has 0 bridgehead atoms. The number of hydrogen-bond acceptors (Lipinski definition) is 3. The molecular weight excluding hydrogens is 310 g/mol. The Kier molecular flexibility index (Phi) is 5.22. The standard InChI is InChI=1S/C15H16ClNO3S/c1-20-13-7-8-15(14(16)11-13)21(18,19)17-10-9-12-5-3-2-4-6-12/h2-8,11,17H,9-10H2,1H3. The fourth-order valence-electron chi connectivity index (χ4n) is 1.88. The van der Waals surface area contributed by atoms with Gasteiger partial charge in [-0.1, -0.05) is 41.9 Å². The molecule has 0 heterocycles. The molecule has 0 aromatic heterocycles. The average Bonchev–Trinajstić information content (AvgIpc) is 2.47. The number of halogens is 1. The molecule has 0 aliphatic carbocycles. The van der Waals surface area contributed by atoms with Crippen LogP contribution in [0.5, 0.6) is 5.75 Å². The maximum Gasteiger partial charge on any atom is 0.242 e. The molecule has 0 amide bonds. The zero-order chi connectivity index (χ0) is 15.3. The summed E-state index contributed by atoms with van der Waals surface area (Å²) in [5, 5.41) is 0.140. The zero-order valence-corrected chi connectivity index (χ0v) is 13.1. The van der Waals surface area contributed by atoms with E-state index in [0.29, 0.717) is 18.7 Å². The van der Waals surface area contributed by atoms with E-state index >= 15 is 0 Å². The molecule has 0 aliphatic heterocycles. The smallest absolute Gasteiger partial charge is 0.242 e. The molecule has 2 aromatic rings. The molecule has 0 atom stereocenters. The molecule has 0 spiro atoms. The summed E-state index contributed by atoms with van der Waals surface area (Å²) in [6.45, 7) is 0.314. The summed E-state index contributed by atoms with van der Waals surface area (Å²) in [7, 11) is -2.13. The van der Waals surface area contributed by atoms with Gasteiger partial charge >= 0.3 is 0 Å². The average molecular weight is 326 g/mol. The fourth-order valence-corrected chi connectivity index (χ4v) is 3.44. The Morgan fingerprint density at radius 2 is 1.86 bits per heavy atom. The lowest BCUT2D eigenvalue weighted by atomic mass is 10.2. The molecule has 0 saturated carbocycles. The molecule has 0 saturated heterocycles. The van der Waals surface area contributed by atoms with Gasteiger partial charge in [0.25, 0.3) is 0 Å². The van der Waals surface area contributed by atoms with Crippen molar-refractivity contribution in [1.82, 2.24) is 4.72 Å². The van der Waals surface area contributed by atoms with Gasteiger partial charge in [0.2, 0.25) is 10.0 Å². The van der Waals surface area contributed by atoms with Gasteiger partial charge in [-0.25, -0.2) is 13.1 Å². The summed E-state index contributed by atoms with van der Waals surface area (Å²) in [5.41, 5.74) is 1.07. The maximum absolute atomic E-state index is 12.2. The lowest BCUT2D eigenvalue weighted by Gasteiger charge is -2.09. The first kappa shape index (κ1) is 15.8. The Labute approximate surface area is 129 Å². The van der Waals surface area contributed by atoms with Crippen LogP contribution in [0.1, 0.15) is 5.56 Å². The lowest BCUT2D eigenvalue weighted by molar-refractivity contribution is 0.414. The molecule has 112 valence electrons. The summed E-state index contributed by atoms with van der Waals surface area (Å²) >= 11 is 5.99. The highest BCUT2D eigenvalue weighted by molar-refractivity contribution is 7.89. The number of rotatable bonds is 6. The Morgan fingerprint density at radius 1 is 1.14 bits per heavy atom. The van der Waals surface area contributed by atoms with E-state index in [1.54, 1.807) is 6.07 Å². The van der Waals surface area contributed by atoms with Crippen molar-refractivity contribution in [3.8, 4) is 5.75 Å². The summed E-state index contributed by atoms with van der Waals surface area (Å²) < 4.78 is 32.0. The minimum atomic E-state index is -3.62. The Morgan fingerprint density at radius 3 is 2.48 bits per heavy atom. The van der Waals surface area contributed by atoms with Crippen LogP contribution in [-0.4, -0.2) is 22.1 Å². The molecule has 21 heavy (non-hydrogen) atoms. The number of hydrogen-bond donors (Lipinski definition) is 1. The molecule has 6 heteroatoms. The van der Waals surface area contributed by atoms with Gasteiger partial charge in [-0.15, -0.1) is 0 Å². The second-order valence-electron chi connectivity index (χ2n) is 4.43. The quantitative estimate of drug-likeness (QED) is 0.888. The monoisotopic (exact) mass is 325 g/mol. The summed E-state index contributed by atoms with van der Waals surface area (Å²) in [6.07, 6.45) is 0.619. The highest BCUT2D eigenvalue weighted by atomic mass is 35.5. The first-order valence-electron chi connectivity index (χ1n) is 6.40. The van der Waals surface area contributed by atoms with E-state index in [-0.39, 0.29) is 9.92 Å².